The number of benzene rings is 1. The molecule has 1 atom stereocenters. The lowest BCUT2D eigenvalue weighted by molar-refractivity contribution is -0.142. The van der Waals surface area contributed by atoms with Crippen molar-refractivity contribution in [2.45, 2.75) is 12.0 Å². The summed E-state index contributed by atoms with van der Waals surface area (Å²) in [6, 6.07) is 4.27. The quantitative estimate of drug-likeness (QED) is 0.777. The van der Waals surface area contributed by atoms with E-state index in [9.17, 15) is 9.59 Å². The predicted molar refractivity (Wildman–Crippen MR) is 76.2 cm³/mol. The van der Waals surface area contributed by atoms with Crippen LogP contribution in [0.15, 0.2) is 18.2 Å². The van der Waals surface area contributed by atoms with Gasteiger partial charge >= 0.3 is 12.0 Å². The van der Waals surface area contributed by atoms with E-state index in [4.69, 9.17) is 34.0 Å². The highest BCUT2D eigenvalue weighted by molar-refractivity contribution is 6.42. The van der Waals surface area contributed by atoms with Crippen LogP contribution < -0.4 is 11.1 Å². The maximum absolute atomic E-state index is 12.0. The molecule has 20 heavy (non-hydrogen) atoms. The number of aliphatic carboxylic acids is 1. The Bertz CT molecular complexity index is 567. The van der Waals surface area contributed by atoms with Crippen LogP contribution in [0.3, 0.4) is 0 Å². The lowest BCUT2D eigenvalue weighted by Gasteiger charge is -2.20. The molecule has 0 spiro atoms. The Labute approximate surface area is 125 Å². The van der Waals surface area contributed by atoms with Crippen LogP contribution in [-0.4, -0.2) is 40.6 Å². The highest BCUT2D eigenvalue weighted by atomic mass is 35.5. The first kappa shape index (κ1) is 14.9. The number of hydrogen-bond donors (Lipinski definition) is 3. The van der Waals surface area contributed by atoms with Gasteiger partial charge in [-0.3, -0.25) is 4.79 Å². The standard InChI is InChI=1S/C12H13Cl2N3O3/c13-8-2-1-7(5-9(8)14)16-11(20)17-4-3-12(15,6-17)10(18)19/h1-2,5H,3-4,6,15H2,(H,16,20)(H,18,19). The molecule has 1 aliphatic rings. The minimum absolute atomic E-state index is 0.0323. The number of hydrogen-bond acceptors (Lipinski definition) is 3. The molecule has 0 aromatic heterocycles. The molecule has 0 saturated carbocycles. The highest BCUT2D eigenvalue weighted by Crippen LogP contribution is 2.26. The largest absolute Gasteiger partial charge is 0.480 e. The summed E-state index contributed by atoms with van der Waals surface area (Å²) in [6.07, 6.45) is 0.219. The number of likely N-dealkylation sites (tertiary alicyclic amines) is 1. The number of carboxylic acids is 1. The molecule has 108 valence electrons. The maximum Gasteiger partial charge on any atom is 0.325 e. The van der Waals surface area contributed by atoms with E-state index in [1.165, 1.54) is 11.0 Å². The smallest absolute Gasteiger partial charge is 0.325 e. The predicted octanol–water partition coefficient (Wildman–Crippen LogP) is 2.01. The SMILES string of the molecule is NC1(C(=O)O)CCN(C(=O)Nc2ccc(Cl)c(Cl)c2)C1. The molecule has 1 saturated heterocycles. The van der Waals surface area contributed by atoms with Gasteiger partial charge in [0.2, 0.25) is 0 Å². The number of rotatable bonds is 2. The molecule has 1 aromatic carbocycles. The molecule has 8 heteroatoms. The molecule has 2 amide bonds. The summed E-state index contributed by atoms with van der Waals surface area (Å²) in [5, 5.41) is 12.3. The second-order valence-electron chi connectivity index (χ2n) is 4.69. The first-order chi connectivity index (χ1) is 9.32. The van der Waals surface area contributed by atoms with Gasteiger partial charge in [-0.15, -0.1) is 0 Å². The topological polar surface area (TPSA) is 95.7 Å². The van der Waals surface area contributed by atoms with E-state index in [1.807, 2.05) is 0 Å². The molecule has 1 heterocycles. The zero-order valence-electron chi connectivity index (χ0n) is 10.4. The summed E-state index contributed by atoms with van der Waals surface area (Å²) >= 11 is 11.6. The number of urea groups is 1. The zero-order valence-corrected chi connectivity index (χ0v) is 11.9. The molecule has 0 bridgehead atoms. The van der Waals surface area contributed by atoms with Crippen molar-refractivity contribution in [2.75, 3.05) is 18.4 Å². The zero-order chi connectivity index (χ0) is 14.9. The van der Waals surface area contributed by atoms with Gasteiger partial charge in [0.15, 0.2) is 0 Å². The van der Waals surface area contributed by atoms with Gasteiger partial charge in [0, 0.05) is 12.2 Å². The molecule has 0 radical (unpaired) electrons. The number of amides is 2. The Morgan fingerprint density at radius 2 is 2.05 bits per heavy atom. The molecule has 1 aliphatic heterocycles. The first-order valence-electron chi connectivity index (χ1n) is 5.85. The van der Waals surface area contributed by atoms with Crippen molar-refractivity contribution in [2.24, 2.45) is 5.73 Å². The van der Waals surface area contributed by atoms with Gasteiger partial charge in [0.25, 0.3) is 0 Å². The minimum atomic E-state index is -1.38. The van der Waals surface area contributed by atoms with E-state index in [1.54, 1.807) is 12.1 Å². The number of anilines is 1. The van der Waals surface area contributed by atoms with Crippen molar-refractivity contribution >= 4 is 40.9 Å². The van der Waals surface area contributed by atoms with Crippen LogP contribution in [0.5, 0.6) is 0 Å². The number of nitrogens with one attached hydrogen (secondary N) is 1. The normalized spacial score (nSPS) is 21.9. The number of nitrogens with zero attached hydrogens (tertiary/aromatic N) is 1. The number of halogens is 2. The first-order valence-corrected chi connectivity index (χ1v) is 6.61. The third-order valence-electron chi connectivity index (χ3n) is 3.18. The fraction of sp³-hybridized carbons (Fsp3) is 0.333. The van der Waals surface area contributed by atoms with Crippen molar-refractivity contribution in [1.29, 1.82) is 0 Å². The fourth-order valence-electron chi connectivity index (χ4n) is 1.96. The number of carbonyl (C=O) groups excluding carboxylic acids is 1. The van der Waals surface area contributed by atoms with Gasteiger partial charge in [-0.1, -0.05) is 23.2 Å². The van der Waals surface area contributed by atoms with E-state index in [2.05, 4.69) is 5.32 Å². The van der Waals surface area contributed by atoms with Crippen LogP contribution in [0.1, 0.15) is 6.42 Å². The van der Waals surface area contributed by atoms with Crippen LogP contribution in [-0.2, 0) is 4.79 Å². The van der Waals surface area contributed by atoms with Crippen molar-refractivity contribution in [3.05, 3.63) is 28.2 Å². The lowest BCUT2D eigenvalue weighted by atomic mass is 10.0. The van der Waals surface area contributed by atoms with Gasteiger partial charge in [-0.25, -0.2) is 4.79 Å². The summed E-state index contributed by atoms with van der Waals surface area (Å²) in [7, 11) is 0. The van der Waals surface area contributed by atoms with Crippen molar-refractivity contribution in [3.63, 3.8) is 0 Å². The molecule has 0 aliphatic carbocycles. The van der Waals surface area contributed by atoms with Gasteiger partial charge in [0.1, 0.15) is 5.54 Å². The average molecular weight is 318 g/mol. The van der Waals surface area contributed by atoms with E-state index >= 15 is 0 Å². The van der Waals surface area contributed by atoms with Gasteiger partial charge in [-0.05, 0) is 24.6 Å². The summed E-state index contributed by atoms with van der Waals surface area (Å²) < 4.78 is 0. The van der Waals surface area contributed by atoms with Crippen molar-refractivity contribution in [3.8, 4) is 0 Å². The summed E-state index contributed by atoms with van der Waals surface area (Å²) in [6.45, 7) is 0.255. The molecule has 1 aromatic rings. The van der Waals surface area contributed by atoms with Gasteiger partial charge in [-0.2, -0.15) is 0 Å². The second kappa shape index (κ2) is 5.47. The highest BCUT2D eigenvalue weighted by Gasteiger charge is 2.42. The lowest BCUT2D eigenvalue weighted by Crippen LogP contribution is -2.51. The third-order valence-corrected chi connectivity index (χ3v) is 3.92. The van der Waals surface area contributed by atoms with E-state index in [0.717, 1.165) is 0 Å². The summed E-state index contributed by atoms with van der Waals surface area (Å²) in [5.74, 6) is -1.11. The van der Waals surface area contributed by atoms with Crippen LogP contribution in [0, 0.1) is 0 Å². The summed E-state index contributed by atoms with van der Waals surface area (Å²) in [4.78, 5) is 24.4. The van der Waals surface area contributed by atoms with E-state index in [0.29, 0.717) is 15.7 Å². The molecule has 2 rings (SSSR count). The third kappa shape index (κ3) is 2.98. The average Bonchev–Trinajstić information content (AvgIpc) is 2.78. The molecular weight excluding hydrogens is 305 g/mol. The van der Waals surface area contributed by atoms with Crippen LogP contribution in [0.4, 0.5) is 10.5 Å². The van der Waals surface area contributed by atoms with E-state index < -0.39 is 17.5 Å². The fourth-order valence-corrected chi connectivity index (χ4v) is 2.26. The minimum Gasteiger partial charge on any atom is -0.480 e. The molecule has 6 nitrogen and oxygen atoms in total. The Hall–Kier alpha value is -1.50. The maximum atomic E-state index is 12.0. The molecule has 1 fully saturated rings. The Morgan fingerprint density at radius 3 is 2.60 bits per heavy atom. The Morgan fingerprint density at radius 1 is 1.35 bits per heavy atom. The number of nitrogens with two attached hydrogens (primary N) is 1. The van der Waals surface area contributed by atoms with Gasteiger partial charge < -0.3 is 21.1 Å². The molecular formula is C12H13Cl2N3O3. The Balaban J connectivity index is 2.03. The van der Waals surface area contributed by atoms with Crippen molar-refractivity contribution < 1.29 is 14.7 Å². The van der Waals surface area contributed by atoms with Crippen LogP contribution >= 0.6 is 23.2 Å². The number of carboxylic acid groups (broad SMARTS) is 1. The van der Waals surface area contributed by atoms with Crippen molar-refractivity contribution in [1.82, 2.24) is 4.90 Å². The van der Waals surface area contributed by atoms with Crippen LogP contribution in [0.25, 0.3) is 0 Å². The van der Waals surface area contributed by atoms with Gasteiger partial charge in [0.05, 0.1) is 16.6 Å². The summed E-state index contributed by atoms with van der Waals surface area (Å²) in [5.41, 5.74) is 4.81. The van der Waals surface area contributed by atoms with E-state index in [-0.39, 0.29) is 19.5 Å². The second-order valence-corrected chi connectivity index (χ2v) is 5.51. The monoisotopic (exact) mass is 317 g/mol. The Kier molecular flexibility index (Phi) is 4.08. The molecule has 1 unspecified atom stereocenters. The number of carbonyl (C=O) groups is 2. The molecule has 4 N–H and O–H groups in total. The van der Waals surface area contributed by atoms with Crippen LogP contribution in [0.2, 0.25) is 10.0 Å².